The molecule has 1 fully saturated rings. The Bertz CT molecular complexity index is 487. The van der Waals surface area contributed by atoms with Gasteiger partial charge in [0.15, 0.2) is 0 Å². The number of sulfonamides is 1. The Kier molecular flexibility index (Phi) is 5.54. The van der Waals surface area contributed by atoms with Crippen LogP contribution < -0.4 is 0 Å². The summed E-state index contributed by atoms with van der Waals surface area (Å²) in [4.78, 5) is 10.8. The molecule has 0 aromatic rings. The third kappa shape index (κ3) is 4.18. The molecule has 1 saturated carbocycles. The molecule has 0 unspecified atom stereocenters. The molecule has 114 valence electrons. The Morgan fingerprint density at radius 3 is 2.30 bits per heavy atom. The van der Waals surface area contributed by atoms with Gasteiger partial charge in [-0.05, 0) is 26.7 Å². The molecule has 6 nitrogen and oxygen atoms in total. The Hall–Kier alpha value is -1.13. The summed E-state index contributed by atoms with van der Waals surface area (Å²) >= 11 is 0. The summed E-state index contributed by atoms with van der Waals surface area (Å²) in [6.45, 7) is 2.72. The van der Waals surface area contributed by atoms with Gasteiger partial charge in [0.25, 0.3) is 0 Å². The van der Waals surface area contributed by atoms with E-state index < -0.39 is 34.0 Å². The molecule has 1 aliphatic carbocycles. The fourth-order valence-electron chi connectivity index (χ4n) is 2.68. The van der Waals surface area contributed by atoms with Gasteiger partial charge >= 0.3 is 5.97 Å². The summed E-state index contributed by atoms with van der Waals surface area (Å²) in [7, 11) is -3.76. The van der Waals surface area contributed by atoms with Crippen LogP contribution in [-0.2, 0) is 14.8 Å². The van der Waals surface area contributed by atoms with Crippen LogP contribution in [0.2, 0.25) is 0 Å². The highest BCUT2D eigenvalue weighted by atomic mass is 32.2. The summed E-state index contributed by atoms with van der Waals surface area (Å²) in [5.41, 5.74) is -0.858. The highest BCUT2D eigenvalue weighted by Crippen LogP contribution is 2.37. The fraction of sp³-hybridized carbons (Fsp3) is 0.846. The molecule has 0 bridgehead atoms. The highest BCUT2D eigenvalue weighted by molar-refractivity contribution is 7.89. The first-order chi connectivity index (χ1) is 9.22. The lowest BCUT2D eigenvalue weighted by Crippen LogP contribution is -2.45. The van der Waals surface area contributed by atoms with Crippen molar-refractivity contribution in [1.29, 1.82) is 5.26 Å². The number of carbonyl (C=O) groups is 1. The smallest absolute Gasteiger partial charge is 0.318 e. The third-order valence-corrected chi connectivity index (χ3v) is 5.91. The molecule has 0 aromatic heterocycles. The van der Waals surface area contributed by atoms with Crippen LogP contribution in [0.1, 0.15) is 46.0 Å². The molecule has 0 spiro atoms. The molecule has 0 aromatic carbocycles. The third-order valence-electron chi connectivity index (χ3n) is 3.73. The van der Waals surface area contributed by atoms with Gasteiger partial charge in [0.05, 0.1) is 17.2 Å². The minimum Gasteiger partial charge on any atom is -0.480 e. The van der Waals surface area contributed by atoms with E-state index in [2.05, 4.69) is 6.07 Å². The zero-order chi connectivity index (χ0) is 15.4. The summed E-state index contributed by atoms with van der Waals surface area (Å²) in [6.07, 6.45) is 3.86. The van der Waals surface area contributed by atoms with Gasteiger partial charge in [0.1, 0.15) is 6.54 Å². The molecular weight excluding hydrogens is 280 g/mol. The van der Waals surface area contributed by atoms with Crippen LogP contribution in [0.4, 0.5) is 0 Å². The first-order valence-corrected chi connectivity index (χ1v) is 8.46. The molecule has 0 amide bonds. The standard InChI is InChI=1S/C13H22N2O4S/c1-11(2)15(8-12(16)17)20(18,19)10-13(9-14)6-4-3-5-7-13/h11H,3-8,10H2,1-2H3,(H,16,17). The van der Waals surface area contributed by atoms with E-state index in [-0.39, 0.29) is 5.75 Å². The van der Waals surface area contributed by atoms with Crippen molar-refractivity contribution >= 4 is 16.0 Å². The molecule has 20 heavy (non-hydrogen) atoms. The van der Waals surface area contributed by atoms with E-state index in [0.29, 0.717) is 12.8 Å². The second kappa shape index (κ2) is 6.55. The molecular formula is C13H22N2O4S. The summed E-state index contributed by atoms with van der Waals surface area (Å²) < 4.78 is 25.9. The van der Waals surface area contributed by atoms with Gasteiger partial charge in [-0.2, -0.15) is 9.57 Å². The van der Waals surface area contributed by atoms with Gasteiger partial charge < -0.3 is 5.11 Å². The quantitative estimate of drug-likeness (QED) is 0.803. The van der Waals surface area contributed by atoms with Crippen LogP contribution in [0, 0.1) is 16.7 Å². The predicted molar refractivity (Wildman–Crippen MR) is 74.4 cm³/mol. The Balaban J connectivity index is 2.96. The van der Waals surface area contributed by atoms with Crippen molar-refractivity contribution in [3.05, 3.63) is 0 Å². The average Bonchev–Trinajstić information content (AvgIpc) is 2.36. The monoisotopic (exact) mass is 302 g/mol. The van der Waals surface area contributed by atoms with Crippen LogP contribution in [0.25, 0.3) is 0 Å². The highest BCUT2D eigenvalue weighted by Gasteiger charge is 2.40. The maximum Gasteiger partial charge on any atom is 0.318 e. The van der Waals surface area contributed by atoms with Crippen LogP contribution in [0.3, 0.4) is 0 Å². The first-order valence-electron chi connectivity index (χ1n) is 6.85. The van der Waals surface area contributed by atoms with Gasteiger partial charge in [0.2, 0.25) is 10.0 Å². The number of carboxylic acids is 1. The van der Waals surface area contributed by atoms with Crippen molar-refractivity contribution in [2.75, 3.05) is 12.3 Å². The Morgan fingerprint density at radius 2 is 1.90 bits per heavy atom. The van der Waals surface area contributed by atoms with E-state index in [0.717, 1.165) is 23.6 Å². The minimum atomic E-state index is -3.76. The Morgan fingerprint density at radius 1 is 1.35 bits per heavy atom. The van der Waals surface area contributed by atoms with E-state index in [4.69, 9.17) is 5.11 Å². The second-order valence-electron chi connectivity index (χ2n) is 5.74. The van der Waals surface area contributed by atoms with Crippen LogP contribution >= 0.6 is 0 Å². The minimum absolute atomic E-state index is 0.276. The fourth-order valence-corrected chi connectivity index (χ4v) is 4.85. The zero-order valence-corrected chi connectivity index (χ0v) is 12.8. The van der Waals surface area contributed by atoms with Crippen molar-refractivity contribution in [1.82, 2.24) is 4.31 Å². The van der Waals surface area contributed by atoms with Gasteiger partial charge in [-0.1, -0.05) is 19.3 Å². The van der Waals surface area contributed by atoms with Gasteiger partial charge in [-0.25, -0.2) is 8.42 Å². The molecule has 0 radical (unpaired) electrons. The number of hydrogen-bond donors (Lipinski definition) is 1. The zero-order valence-electron chi connectivity index (χ0n) is 12.0. The van der Waals surface area contributed by atoms with E-state index in [1.807, 2.05) is 0 Å². The number of carboxylic acid groups (broad SMARTS) is 1. The normalized spacial score (nSPS) is 18.9. The van der Waals surface area contributed by atoms with Crippen molar-refractivity contribution in [3.8, 4) is 6.07 Å². The molecule has 1 aliphatic rings. The van der Waals surface area contributed by atoms with Crippen molar-refractivity contribution < 1.29 is 18.3 Å². The lowest BCUT2D eigenvalue weighted by atomic mass is 9.77. The van der Waals surface area contributed by atoms with E-state index in [9.17, 15) is 18.5 Å². The summed E-state index contributed by atoms with van der Waals surface area (Å²) in [5.74, 6) is -1.46. The average molecular weight is 302 g/mol. The van der Waals surface area contributed by atoms with Crippen LogP contribution in [0.5, 0.6) is 0 Å². The van der Waals surface area contributed by atoms with E-state index in [1.54, 1.807) is 13.8 Å². The van der Waals surface area contributed by atoms with Gasteiger partial charge in [0, 0.05) is 6.04 Å². The van der Waals surface area contributed by atoms with Gasteiger partial charge in [-0.15, -0.1) is 0 Å². The van der Waals surface area contributed by atoms with Gasteiger partial charge in [-0.3, -0.25) is 4.79 Å². The second-order valence-corrected chi connectivity index (χ2v) is 7.66. The molecule has 0 aliphatic heterocycles. The van der Waals surface area contributed by atoms with E-state index >= 15 is 0 Å². The number of nitriles is 1. The maximum absolute atomic E-state index is 12.5. The maximum atomic E-state index is 12.5. The number of aliphatic carboxylic acids is 1. The van der Waals surface area contributed by atoms with Crippen LogP contribution in [0.15, 0.2) is 0 Å². The molecule has 0 heterocycles. The summed E-state index contributed by atoms with van der Waals surface area (Å²) in [6, 6.07) is 1.73. The SMILES string of the molecule is CC(C)N(CC(=O)O)S(=O)(=O)CC1(C#N)CCCCC1. The summed E-state index contributed by atoms with van der Waals surface area (Å²) in [5, 5.41) is 18.2. The molecule has 0 atom stereocenters. The molecule has 0 saturated heterocycles. The lowest BCUT2D eigenvalue weighted by Gasteiger charge is -2.33. The van der Waals surface area contributed by atoms with Crippen LogP contribution in [-0.4, -0.2) is 42.1 Å². The van der Waals surface area contributed by atoms with Crippen molar-refractivity contribution in [2.24, 2.45) is 5.41 Å². The van der Waals surface area contributed by atoms with Crippen molar-refractivity contribution in [2.45, 2.75) is 52.0 Å². The topological polar surface area (TPSA) is 98.5 Å². The molecule has 7 heteroatoms. The largest absolute Gasteiger partial charge is 0.480 e. The number of rotatable bonds is 6. The van der Waals surface area contributed by atoms with E-state index in [1.165, 1.54) is 0 Å². The number of nitrogens with zero attached hydrogens (tertiary/aromatic N) is 2. The molecule has 1 rings (SSSR count). The number of hydrogen-bond acceptors (Lipinski definition) is 4. The Labute approximate surface area is 120 Å². The first kappa shape index (κ1) is 16.9. The molecule has 1 N–H and O–H groups in total. The van der Waals surface area contributed by atoms with Crippen molar-refractivity contribution in [3.63, 3.8) is 0 Å². The lowest BCUT2D eigenvalue weighted by molar-refractivity contribution is -0.137. The predicted octanol–water partition coefficient (Wildman–Crippen LogP) is 1.59.